The van der Waals surface area contributed by atoms with Gasteiger partial charge >= 0.3 is 6.18 Å². The Bertz CT molecular complexity index is 1090. The predicted molar refractivity (Wildman–Crippen MR) is 122 cm³/mol. The van der Waals surface area contributed by atoms with Crippen LogP contribution in [0.1, 0.15) is 55.6 Å². The van der Waals surface area contributed by atoms with Crippen LogP contribution in [0.3, 0.4) is 0 Å². The second kappa shape index (κ2) is 10.0. The molecule has 4 rings (SSSR count). The van der Waals surface area contributed by atoms with E-state index in [2.05, 4.69) is 29.3 Å². The van der Waals surface area contributed by atoms with Gasteiger partial charge in [0.15, 0.2) is 4.80 Å². The average molecular weight is 461 g/mol. The van der Waals surface area contributed by atoms with E-state index in [-0.39, 0.29) is 12.3 Å². The van der Waals surface area contributed by atoms with Crippen molar-refractivity contribution in [2.24, 2.45) is 4.99 Å². The molecule has 0 saturated heterocycles. The first-order valence-electron chi connectivity index (χ1n) is 11.1. The molecule has 0 unspecified atom stereocenters. The van der Waals surface area contributed by atoms with Crippen LogP contribution in [-0.2, 0) is 12.7 Å². The Kier molecular flexibility index (Phi) is 7.16. The first kappa shape index (κ1) is 22.8. The van der Waals surface area contributed by atoms with Gasteiger partial charge in [-0.3, -0.25) is 0 Å². The van der Waals surface area contributed by atoms with Crippen molar-refractivity contribution >= 4 is 17.0 Å². The van der Waals surface area contributed by atoms with Crippen molar-refractivity contribution in [1.82, 2.24) is 4.57 Å². The van der Waals surface area contributed by atoms with E-state index in [9.17, 15) is 18.3 Å². The number of aliphatic hydroxyl groups excluding tert-OH is 1. The second-order valence-corrected chi connectivity index (χ2v) is 9.09. The molecule has 32 heavy (non-hydrogen) atoms. The van der Waals surface area contributed by atoms with Crippen LogP contribution in [0, 0.1) is 0 Å². The minimum atomic E-state index is -4.40. The molecule has 1 aliphatic rings. The SMILES string of the molecule is OCCCn1c(-c2ccc(C3CCCCC3)cc2)csc1=Nc1cccc(C(F)(F)F)c1. The zero-order chi connectivity index (χ0) is 22.6. The molecule has 0 bridgehead atoms. The summed E-state index contributed by atoms with van der Waals surface area (Å²) in [6.07, 6.45) is 2.53. The number of thiazole rings is 1. The molecule has 0 spiro atoms. The minimum absolute atomic E-state index is 0.0336. The Hall–Kier alpha value is -2.38. The number of hydrogen-bond donors (Lipinski definition) is 1. The highest BCUT2D eigenvalue weighted by atomic mass is 32.1. The van der Waals surface area contributed by atoms with Crippen LogP contribution in [0.25, 0.3) is 11.3 Å². The van der Waals surface area contributed by atoms with E-state index in [0.29, 0.717) is 23.7 Å². The topological polar surface area (TPSA) is 37.5 Å². The number of aromatic nitrogens is 1. The molecular weight excluding hydrogens is 433 g/mol. The van der Waals surface area contributed by atoms with Crippen molar-refractivity contribution < 1.29 is 18.3 Å². The van der Waals surface area contributed by atoms with E-state index in [1.165, 1.54) is 55.1 Å². The number of halogens is 3. The van der Waals surface area contributed by atoms with Gasteiger partial charge in [0.25, 0.3) is 0 Å². The highest BCUT2D eigenvalue weighted by molar-refractivity contribution is 7.07. The summed E-state index contributed by atoms with van der Waals surface area (Å²) in [6.45, 7) is 0.573. The number of aliphatic hydroxyl groups is 1. The Balaban J connectivity index is 1.68. The van der Waals surface area contributed by atoms with E-state index >= 15 is 0 Å². The molecule has 170 valence electrons. The van der Waals surface area contributed by atoms with Gasteiger partial charge in [0, 0.05) is 18.5 Å². The van der Waals surface area contributed by atoms with Gasteiger partial charge in [0.1, 0.15) is 0 Å². The first-order chi connectivity index (χ1) is 15.5. The Morgan fingerprint density at radius 2 is 1.78 bits per heavy atom. The zero-order valence-electron chi connectivity index (χ0n) is 17.8. The van der Waals surface area contributed by atoms with Gasteiger partial charge in [-0.1, -0.05) is 49.6 Å². The van der Waals surface area contributed by atoms with Gasteiger partial charge in [0.05, 0.1) is 16.9 Å². The normalized spacial score (nSPS) is 15.9. The number of nitrogens with zero attached hydrogens (tertiary/aromatic N) is 2. The number of alkyl halides is 3. The molecule has 1 heterocycles. The molecule has 1 aliphatic carbocycles. The van der Waals surface area contributed by atoms with Crippen molar-refractivity contribution in [1.29, 1.82) is 0 Å². The summed E-state index contributed by atoms with van der Waals surface area (Å²) < 4.78 is 41.2. The fraction of sp³-hybridized carbons (Fsp3) is 0.400. The molecule has 0 aliphatic heterocycles. The zero-order valence-corrected chi connectivity index (χ0v) is 18.6. The van der Waals surface area contributed by atoms with Crippen LogP contribution in [0.5, 0.6) is 0 Å². The quantitative estimate of drug-likeness (QED) is 0.427. The molecule has 3 nitrogen and oxygen atoms in total. The lowest BCUT2D eigenvalue weighted by molar-refractivity contribution is -0.137. The fourth-order valence-corrected chi connectivity index (χ4v) is 5.27. The molecule has 1 N–H and O–H groups in total. The molecule has 0 radical (unpaired) electrons. The lowest BCUT2D eigenvalue weighted by atomic mass is 9.84. The van der Waals surface area contributed by atoms with E-state index in [0.717, 1.165) is 23.4 Å². The predicted octanol–water partition coefficient (Wildman–Crippen LogP) is 6.90. The first-order valence-corrected chi connectivity index (χ1v) is 11.9. The third-order valence-corrected chi connectivity index (χ3v) is 6.88. The van der Waals surface area contributed by atoms with Crippen molar-refractivity contribution in [2.45, 2.75) is 57.2 Å². The van der Waals surface area contributed by atoms with Gasteiger partial charge in [-0.15, -0.1) is 11.3 Å². The lowest BCUT2D eigenvalue weighted by Gasteiger charge is -2.22. The average Bonchev–Trinajstić information content (AvgIpc) is 3.20. The maximum absolute atomic E-state index is 13.1. The van der Waals surface area contributed by atoms with Crippen LogP contribution in [0.15, 0.2) is 58.9 Å². The van der Waals surface area contributed by atoms with Crippen LogP contribution in [-0.4, -0.2) is 16.3 Å². The van der Waals surface area contributed by atoms with Gasteiger partial charge in [0.2, 0.25) is 0 Å². The summed E-state index contributed by atoms with van der Waals surface area (Å²) in [5.74, 6) is 0.633. The molecule has 7 heteroatoms. The van der Waals surface area contributed by atoms with Gasteiger partial charge in [-0.05, 0) is 54.5 Å². The monoisotopic (exact) mass is 460 g/mol. The summed E-state index contributed by atoms with van der Waals surface area (Å²) in [5, 5.41) is 11.3. The van der Waals surface area contributed by atoms with E-state index in [1.54, 1.807) is 6.07 Å². The highest BCUT2D eigenvalue weighted by Crippen LogP contribution is 2.34. The smallest absolute Gasteiger partial charge is 0.396 e. The highest BCUT2D eigenvalue weighted by Gasteiger charge is 2.30. The molecule has 1 fully saturated rings. The summed E-state index contributed by atoms with van der Waals surface area (Å²) in [7, 11) is 0. The minimum Gasteiger partial charge on any atom is -0.396 e. The molecule has 3 aromatic rings. The Morgan fingerprint density at radius 1 is 1.03 bits per heavy atom. The molecule has 1 aromatic heterocycles. The maximum atomic E-state index is 13.1. The maximum Gasteiger partial charge on any atom is 0.416 e. The number of hydrogen-bond acceptors (Lipinski definition) is 3. The standard InChI is InChI=1S/C25H27F3N2OS/c26-25(27,28)21-8-4-9-22(16-21)29-24-30(14-5-15-31)23(17-32-24)20-12-10-19(11-13-20)18-6-2-1-3-7-18/h4,8-13,16-18,31H,1-3,5-7,14-15H2. The molecule has 0 atom stereocenters. The van der Waals surface area contributed by atoms with Crippen molar-refractivity contribution in [3.63, 3.8) is 0 Å². The Labute approximate surface area is 189 Å². The molecular formula is C25H27F3N2OS. The number of benzene rings is 2. The van der Waals surface area contributed by atoms with Gasteiger partial charge in [-0.2, -0.15) is 13.2 Å². The lowest BCUT2D eigenvalue weighted by Crippen LogP contribution is -2.16. The van der Waals surface area contributed by atoms with E-state index in [4.69, 9.17) is 0 Å². The van der Waals surface area contributed by atoms with Crippen LogP contribution in [0.4, 0.5) is 18.9 Å². The molecule has 2 aromatic carbocycles. The van der Waals surface area contributed by atoms with E-state index in [1.807, 2.05) is 9.95 Å². The summed E-state index contributed by atoms with van der Waals surface area (Å²) >= 11 is 1.40. The van der Waals surface area contributed by atoms with Crippen molar-refractivity contribution in [3.05, 3.63) is 69.8 Å². The third kappa shape index (κ3) is 5.33. The van der Waals surface area contributed by atoms with Crippen molar-refractivity contribution in [2.75, 3.05) is 6.61 Å². The summed E-state index contributed by atoms with van der Waals surface area (Å²) in [6, 6.07) is 13.7. The largest absolute Gasteiger partial charge is 0.416 e. The van der Waals surface area contributed by atoms with Gasteiger partial charge < -0.3 is 9.67 Å². The Morgan fingerprint density at radius 3 is 2.47 bits per heavy atom. The fourth-order valence-electron chi connectivity index (χ4n) is 4.32. The second-order valence-electron chi connectivity index (χ2n) is 8.25. The molecule has 1 saturated carbocycles. The van der Waals surface area contributed by atoms with Crippen molar-refractivity contribution in [3.8, 4) is 11.3 Å². The van der Waals surface area contributed by atoms with Crippen LogP contribution < -0.4 is 4.80 Å². The van der Waals surface area contributed by atoms with Crippen LogP contribution >= 0.6 is 11.3 Å². The summed E-state index contributed by atoms with van der Waals surface area (Å²) in [4.78, 5) is 5.12. The van der Waals surface area contributed by atoms with Gasteiger partial charge in [-0.25, -0.2) is 4.99 Å². The third-order valence-electron chi connectivity index (χ3n) is 6.02. The summed E-state index contributed by atoms with van der Waals surface area (Å²) in [5.41, 5.74) is 2.93. The van der Waals surface area contributed by atoms with Crippen LogP contribution in [0.2, 0.25) is 0 Å². The molecule has 0 amide bonds. The number of rotatable bonds is 6. The van der Waals surface area contributed by atoms with E-state index < -0.39 is 11.7 Å².